The zero-order chi connectivity index (χ0) is 15.0. The SMILES string of the molecule is C[C@@H]1[C@H](C(=O)O)CCCN1C(=O)C1Cc2ccccc2S1. The van der Waals surface area contributed by atoms with Crippen molar-refractivity contribution >= 4 is 23.6 Å². The van der Waals surface area contributed by atoms with Gasteiger partial charge in [0.05, 0.1) is 11.2 Å². The van der Waals surface area contributed by atoms with Crippen LogP contribution in [0.5, 0.6) is 0 Å². The average molecular weight is 305 g/mol. The molecule has 0 bridgehead atoms. The zero-order valence-electron chi connectivity index (χ0n) is 12.0. The molecule has 1 fully saturated rings. The first-order chi connectivity index (χ1) is 10.1. The van der Waals surface area contributed by atoms with Gasteiger partial charge in [0.15, 0.2) is 0 Å². The number of carbonyl (C=O) groups is 2. The fourth-order valence-corrected chi connectivity index (χ4v) is 4.55. The summed E-state index contributed by atoms with van der Waals surface area (Å²) in [6.45, 7) is 2.54. The number of carboxylic acids is 1. The Kier molecular flexibility index (Phi) is 3.93. The van der Waals surface area contributed by atoms with Crippen LogP contribution in [0, 0.1) is 5.92 Å². The molecule has 1 N–H and O–H groups in total. The lowest BCUT2D eigenvalue weighted by Gasteiger charge is -2.38. The van der Waals surface area contributed by atoms with E-state index in [4.69, 9.17) is 0 Å². The number of piperidine rings is 1. The molecule has 0 saturated carbocycles. The normalized spacial score (nSPS) is 28.2. The quantitative estimate of drug-likeness (QED) is 0.911. The molecule has 3 rings (SSSR count). The number of carboxylic acid groups (broad SMARTS) is 1. The average Bonchev–Trinajstić information content (AvgIpc) is 2.90. The maximum atomic E-state index is 12.8. The van der Waals surface area contributed by atoms with E-state index in [1.54, 1.807) is 16.7 Å². The Morgan fingerprint density at radius 3 is 2.81 bits per heavy atom. The van der Waals surface area contributed by atoms with Crippen LogP contribution in [-0.4, -0.2) is 39.7 Å². The maximum absolute atomic E-state index is 12.8. The third-order valence-electron chi connectivity index (χ3n) is 4.51. The number of benzene rings is 1. The van der Waals surface area contributed by atoms with Crippen LogP contribution in [0.15, 0.2) is 29.2 Å². The molecule has 5 heteroatoms. The highest BCUT2D eigenvalue weighted by molar-refractivity contribution is 8.01. The lowest BCUT2D eigenvalue weighted by Crippen LogP contribution is -2.51. The van der Waals surface area contributed by atoms with Crippen molar-refractivity contribution in [1.82, 2.24) is 4.90 Å². The summed E-state index contributed by atoms with van der Waals surface area (Å²) in [4.78, 5) is 27.0. The van der Waals surface area contributed by atoms with E-state index in [-0.39, 0.29) is 17.2 Å². The molecule has 1 saturated heterocycles. The molecule has 0 spiro atoms. The first kappa shape index (κ1) is 14.4. The summed E-state index contributed by atoms with van der Waals surface area (Å²) >= 11 is 1.61. The van der Waals surface area contributed by atoms with E-state index in [9.17, 15) is 14.7 Å². The third-order valence-corrected chi connectivity index (χ3v) is 5.82. The summed E-state index contributed by atoms with van der Waals surface area (Å²) < 4.78 is 0. The molecule has 1 unspecified atom stereocenters. The van der Waals surface area contributed by atoms with Gasteiger partial charge in [-0.3, -0.25) is 9.59 Å². The minimum Gasteiger partial charge on any atom is -0.481 e. The van der Waals surface area contributed by atoms with E-state index >= 15 is 0 Å². The Morgan fingerprint density at radius 2 is 2.10 bits per heavy atom. The van der Waals surface area contributed by atoms with E-state index in [0.29, 0.717) is 13.0 Å². The molecule has 0 radical (unpaired) electrons. The second-order valence-electron chi connectivity index (χ2n) is 5.78. The highest BCUT2D eigenvalue weighted by Gasteiger charge is 2.39. The standard InChI is InChI=1S/C16H19NO3S/c1-10-12(16(19)20)6-4-8-17(10)15(18)14-9-11-5-2-3-7-13(11)21-14/h2-3,5,7,10,12,14H,4,6,8-9H2,1H3,(H,19,20)/t10-,12-,14?/m1/s1. The Labute approximate surface area is 128 Å². The Hall–Kier alpha value is -1.49. The van der Waals surface area contributed by atoms with Crippen LogP contribution >= 0.6 is 11.8 Å². The zero-order valence-corrected chi connectivity index (χ0v) is 12.8. The number of rotatable bonds is 2. The topological polar surface area (TPSA) is 57.6 Å². The van der Waals surface area contributed by atoms with Gasteiger partial charge in [0, 0.05) is 17.5 Å². The van der Waals surface area contributed by atoms with Crippen LogP contribution in [0.25, 0.3) is 0 Å². The minimum atomic E-state index is -0.789. The third kappa shape index (κ3) is 2.67. The molecule has 3 atom stereocenters. The summed E-state index contributed by atoms with van der Waals surface area (Å²) in [7, 11) is 0. The van der Waals surface area contributed by atoms with Gasteiger partial charge in [-0.1, -0.05) is 18.2 Å². The molecular weight excluding hydrogens is 286 g/mol. The smallest absolute Gasteiger partial charge is 0.308 e. The number of hydrogen-bond acceptors (Lipinski definition) is 3. The van der Waals surface area contributed by atoms with E-state index in [0.717, 1.165) is 12.8 Å². The van der Waals surface area contributed by atoms with E-state index in [1.165, 1.54) is 10.5 Å². The Morgan fingerprint density at radius 1 is 1.33 bits per heavy atom. The summed E-state index contributed by atoms with van der Waals surface area (Å²) in [5.74, 6) is -1.13. The summed E-state index contributed by atoms with van der Waals surface area (Å²) in [6.07, 6.45) is 2.19. The molecule has 112 valence electrons. The van der Waals surface area contributed by atoms with Crippen LogP contribution in [0.2, 0.25) is 0 Å². The van der Waals surface area contributed by atoms with E-state index in [1.807, 2.05) is 25.1 Å². The molecule has 21 heavy (non-hydrogen) atoms. The molecule has 1 amide bonds. The van der Waals surface area contributed by atoms with Crippen molar-refractivity contribution < 1.29 is 14.7 Å². The molecular formula is C16H19NO3S. The minimum absolute atomic E-state index is 0.0923. The maximum Gasteiger partial charge on any atom is 0.308 e. The molecule has 0 aliphatic carbocycles. The number of likely N-dealkylation sites (tertiary alicyclic amines) is 1. The first-order valence-corrected chi connectivity index (χ1v) is 8.23. The molecule has 1 aromatic carbocycles. The van der Waals surface area contributed by atoms with Crippen molar-refractivity contribution in [3.63, 3.8) is 0 Å². The number of thioether (sulfide) groups is 1. The second kappa shape index (κ2) is 5.72. The molecule has 2 aliphatic heterocycles. The number of carbonyl (C=O) groups excluding carboxylic acids is 1. The Bertz CT molecular complexity index is 549. The monoisotopic (exact) mass is 305 g/mol. The molecule has 1 aromatic rings. The van der Waals surface area contributed by atoms with Crippen molar-refractivity contribution in [2.24, 2.45) is 5.92 Å². The van der Waals surface area contributed by atoms with Gasteiger partial charge in [-0.25, -0.2) is 0 Å². The van der Waals surface area contributed by atoms with Crippen LogP contribution in [0.1, 0.15) is 25.3 Å². The Balaban J connectivity index is 1.73. The number of amides is 1. The first-order valence-electron chi connectivity index (χ1n) is 7.36. The second-order valence-corrected chi connectivity index (χ2v) is 7.02. The fraction of sp³-hybridized carbons (Fsp3) is 0.500. The molecule has 4 nitrogen and oxygen atoms in total. The molecule has 2 aliphatic rings. The largest absolute Gasteiger partial charge is 0.481 e. The van der Waals surface area contributed by atoms with Gasteiger partial charge in [0.25, 0.3) is 0 Å². The van der Waals surface area contributed by atoms with Crippen molar-refractivity contribution in [2.45, 2.75) is 42.4 Å². The summed E-state index contributed by atoms with van der Waals surface area (Å²) in [6, 6.07) is 7.88. The number of fused-ring (bicyclic) bond motifs is 1. The van der Waals surface area contributed by atoms with Gasteiger partial charge in [-0.05, 0) is 37.8 Å². The summed E-state index contributed by atoms with van der Waals surface area (Å²) in [5.41, 5.74) is 1.22. The highest BCUT2D eigenvalue weighted by atomic mass is 32.2. The van der Waals surface area contributed by atoms with Crippen LogP contribution in [0.3, 0.4) is 0 Å². The molecule has 2 heterocycles. The number of nitrogens with zero attached hydrogens (tertiary/aromatic N) is 1. The predicted molar refractivity (Wildman–Crippen MR) is 81.3 cm³/mol. The molecule has 0 aromatic heterocycles. The van der Waals surface area contributed by atoms with Gasteiger partial charge in [0.1, 0.15) is 0 Å². The predicted octanol–water partition coefficient (Wildman–Crippen LogP) is 2.42. The van der Waals surface area contributed by atoms with Crippen LogP contribution in [-0.2, 0) is 16.0 Å². The van der Waals surface area contributed by atoms with Gasteiger partial charge in [-0.15, -0.1) is 11.8 Å². The van der Waals surface area contributed by atoms with E-state index < -0.39 is 11.9 Å². The van der Waals surface area contributed by atoms with Crippen molar-refractivity contribution in [1.29, 1.82) is 0 Å². The van der Waals surface area contributed by atoms with Crippen molar-refractivity contribution in [3.8, 4) is 0 Å². The number of hydrogen-bond donors (Lipinski definition) is 1. The van der Waals surface area contributed by atoms with Crippen LogP contribution in [0.4, 0.5) is 0 Å². The van der Waals surface area contributed by atoms with Gasteiger partial charge in [0.2, 0.25) is 5.91 Å². The lowest BCUT2D eigenvalue weighted by atomic mass is 9.90. The van der Waals surface area contributed by atoms with Crippen molar-refractivity contribution in [3.05, 3.63) is 29.8 Å². The van der Waals surface area contributed by atoms with Crippen LogP contribution < -0.4 is 0 Å². The van der Waals surface area contributed by atoms with Crippen molar-refractivity contribution in [2.75, 3.05) is 6.54 Å². The highest BCUT2D eigenvalue weighted by Crippen LogP contribution is 2.38. The fourth-order valence-electron chi connectivity index (χ4n) is 3.29. The van der Waals surface area contributed by atoms with Gasteiger partial charge in [-0.2, -0.15) is 0 Å². The lowest BCUT2D eigenvalue weighted by molar-refractivity contribution is -0.148. The summed E-state index contributed by atoms with van der Waals surface area (Å²) in [5, 5.41) is 9.17. The van der Waals surface area contributed by atoms with Gasteiger partial charge >= 0.3 is 5.97 Å². The number of aliphatic carboxylic acids is 1. The van der Waals surface area contributed by atoms with Gasteiger partial charge < -0.3 is 10.0 Å². The van der Waals surface area contributed by atoms with E-state index in [2.05, 4.69) is 6.07 Å².